The van der Waals surface area contributed by atoms with Crippen LogP contribution in [0.3, 0.4) is 0 Å². The predicted molar refractivity (Wildman–Crippen MR) is 80.7 cm³/mol. The van der Waals surface area contributed by atoms with Crippen molar-refractivity contribution in [3.05, 3.63) is 0 Å². The van der Waals surface area contributed by atoms with Gasteiger partial charge in [-0.2, -0.15) is 0 Å². The lowest BCUT2D eigenvalue weighted by Gasteiger charge is -2.16. The maximum atomic E-state index is 12.0. The van der Waals surface area contributed by atoms with Gasteiger partial charge in [0, 0.05) is 13.0 Å². The monoisotopic (exact) mass is 268 g/mol. The van der Waals surface area contributed by atoms with E-state index in [2.05, 4.69) is 46.9 Å². The third-order valence-corrected chi connectivity index (χ3v) is 5.44. The molecule has 3 nitrogen and oxygen atoms in total. The summed E-state index contributed by atoms with van der Waals surface area (Å²) in [5.41, 5.74) is 6.42. The summed E-state index contributed by atoms with van der Waals surface area (Å²) in [6.45, 7) is 14.9. The van der Waals surface area contributed by atoms with Gasteiger partial charge in [0.25, 0.3) is 0 Å². The van der Waals surface area contributed by atoms with Crippen molar-refractivity contribution in [2.45, 2.75) is 54.4 Å². The molecule has 1 unspecified atom stereocenters. The smallest absolute Gasteiger partial charge is 0.220 e. The minimum atomic E-state index is 0.162. The van der Waals surface area contributed by atoms with E-state index in [0.717, 1.165) is 13.0 Å². The molecule has 0 spiro atoms. The van der Waals surface area contributed by atoms with E-state index in [1.807, 2.05) is 0 Å². The summed E-state index contributed by atoms with van der Waals surface area (Å²) in [6, 6.07) is 0. The van der Waals surface area contributed by atoms with Crippen LogP contribution in [0.5, 0.6) is 0 Å². The zero-order valence-electron chi connectivity index (χ0n) is 13.5. The minimum Gasteiger partial charge on any atom is -0.356 e. The Hall–Kier alpha value is -0.570. The zero-order valence-corrected chi connectivity index (χ0v) is 13.5. The van der Waals surface area contributed by atoms with E-state index in [9.17, 15) is 4.79 Å². The van der Waals surface area contributed by atoms with Gasteiger partial charge in [-0.25, -0.2) is 0 Å². The largest absolute Gasteiger partial charge is 0.356 e. The second kappa shape index (κ2) is 5.82. The van der Waals surface area contributed by atoms with Crippen LogP contribution < -0.4 is 11.1 Å². The molecule has 1 aliphatic rings. The number of nitrogens with two attached hydrogens (primary N) is 1. The Bertz CT molecular complexity index is 307. The van der Waals surface area contributed by atoms with Crippen LogP contribution in [-0.2, 0) is 4.79 Å². The van der Waals surface area contributed by atoms with E-state index in [1.165, 1.54) is 0 Å². The van der Waals surface area contributed by atoms with Crippen LogP contribution in [0, 0.1) is 28.6 Å². The van der Waals surface area contributed by atoms with Gasteiger partial charge in [0.2, 0.25) is 5.91 Å². The number of hydrogen-bond acceptors (Lipinski definition) is 2. The van der Waals surface area contributed by atoms with E-state index in [0.29, 0.717) is 41.5 Å². The van der Waals surface area contributed by atoms with E-state index in [4.69, 9.17) is 5.73 Å². The number of carbonyl (C=O) groups excluding carboxylic acids is 1. The minimum absolute atomic E-state index is 0.162. The van der Waals surface area contributed by atoms with Crippen molar-refractivity contribution in [1.29, 1.82) is 0 Å². The van der Waals surface area contributed by atoms with Crippen molar-refractivity contribution in [3.8, 4) is 0 Å². The second-order valence-electron chi connectivity index (χ2n) is 7.74. The summed E-state index contributed by atoms with van der Waals surface area (Å²) in [5.74, 6) is 1.67. The summed E-state index contributed by atoms with van der Waals surface area (Å²) in [7, 11) is 0. The summed E-state index contributed by atoms with van der Waals surface area (Å²) in [4.78, 5) is 12.0. The topological polar surface area (TPSA) is 55.1 Å². The van der Waals surface area contributed by atoms with Gasteiger partial charge < -0.3 is 11.1 Å². The van der Waals surface area contributed by atoms with Gasteiger partial charge in [-0.15, -0.1) is 0 Å². The Balaban J connectivity index is 2.33. The predicted octanol–water partition coefficient (Wildman–Crippen LogP) is 2.80. The Morgan fingerprint density at radius 1 is 1.21 bits per heavy atom. The highest BCUT2D eigenvalue weighted by Gasteiger charge is 2.64. The molecular formula is C16H32N2O. The average molecular weight is 268 g/mol. The summed E-state index contributed by atoms with van der Waals surface area (Å²) < 4.78 is 0. The number of nitrogens with one attached hydrogen (secondary N) is 1. The molecule has 0 bridgehead atoms. The fraction of sp³-hybridized carbons (Fsp3) is 0.938. The van der Waals surface area contributed by atoms with Crippen molar-refractivity contribution in [2.75, 3.05) is 13.1 Å². The van der Waals surface area contributed by atoms with Crippen LogP contribution in [0.15, 0.2) is 0 Å². The van der Waals surface area contributed by atoms with Gasteiger partial charge in [-0.1, -0.05) is 41.5 Å². The molecule has 0 aromatic heterocycles. The second-order valence-corrected chi connectivity index (χ2v) is 7.74. The Morgan fingerprint density at radius 3 is 2.11 bits per heavy atom. The van der Waals surface area contributed by atoms with Gasteiger partial charge in [-0.05, 0) is 41.5 Å². The van der Waals surface area contributed by atoms with Gasteiger partial charge in [0.05, 0.1) is 0 Å². The van der Waals surface area contributed by atoms with Crippen molar-refractivity contribution in [3.63, 3.8) is 0 Å². The van der Waals surface area contributed by atoms with Crippen molar-refractivity contribution in [1.82, 2.24) is 5.32 Å². The SMILES string of the molecule is CC(C)CC(CN)CC(=O)NCC1C(C)(C)C1(C)C. The summed E-state index contributed by atoms with van der Waals surface area (Å²) in [6.07, 6.45) is 1.60. The maximum absolute atomic E-state index is 12.0. The highest BCUT2D eigenvalue weighted by atomic mass is 16.1. The van der Waals surface area contributed by atoms with Crippen LogP contribution in [0.4, 0.5) is 0 Å². The first-order valence-electron chi connectivity index (χ1n) is 7.59. The fourth-order valence-electron chi connectivity index (χ4n) is 3.32. The number of carbonyl (C=O) groups is 1. The molecule has 0 radical (unpaired) electrons. The molecule has 1 amide bonds. The molecule has 0 heterocycles. The standard InChI is InChI=1S/C16H32N2O/c1-11(2)7-12(9-17)8-14(19)18-10-13-15(3,4)16(13,5)6/h11-13H,7-10,17H2,1-6H3,(H,18,19). The molecule has 112 valence electrons. The number of hydrogen-bond donors (Lipinski definition) is 2. The first kappa shape index (κ1) is 16.5. The van der Waals surface area contributed by atoms with E-state index < -0.39 is 0 Å². The fourth-order valence-corrected chi connectivity index (χ4v) is 3.32. The van der Waals surface area contributed by atoms with Crippen LogP contribution in [0.1, 0.15) is 54.4 Å². The van der Waals surface area contributed by atoms with Gasteiger partial charge in [-0.3, -0.25) is 4.79 Å². The summed E-state index contributed by atoms with van der Waals surface area (Å²) >= 11 is 0. The molecule has 1 fully saturated rings. The third kappa shape index (κ3) is 3.71. The molecule has 1 aliphatic carbocycles. The van der Waals surface area contributed by atoms with Crippen LogP contribution >= 0.6 is 0 Å². The average Bonchev–Trinajstić information content (AvgIpc) is 2.65. The molecule has 1 rings (SSSR count). The quantitative estimate of drug-likeness (QED) is 0.746. The first-order chi connectivity index (χ1) is 8.62. The van der Waals surface area contributed by atoms with Gasteiger partial charge >= 0.3 is 0 Å². The van der Waals surface area contributed by atoms with Crippen LogP contribution in [0.25, 0.3) is 0 Å². The van der Waals surface area contributed by atoms with Gasteiger partial charge in [0.1, 0.15) is 0 Å². The Morgan fingerprint density at radius 2 is 1.74 bits per heavy atom. The van der Waals surface area contributed by atoms with Crippen molar-refractivity contribution < 1.29 is 4.79 Å². The maximum Gasteiger partial charge on any atom is 0.220 e. The normalized spacial score (nSPS) is 22.3. The molecule has 0 aromatic carbocycles. The van der Waals surface area contributed by atoms with E-state index in [1.54, 1.807) is 0 Å². The van der Waals surface area contributed by atoms with E-state index in [-0.39, 0.29) is 5.91 Å². The van der Waals surface area contributed by atoms with Gasteiger partial charge in [0.15, 0.2) is 0 Å². The number of rotatable bonds is 7. The van der Waals surface area contributed by atoms with Crippen molar-refractivity contribution in [2.24, 2.45) is 34.3 Å². The molecule has 0 aromatic rings. The lowest BCUT2D eigenvalue weighted by atomic mass is 9.94. The molecule has 3 heteroatoms. The molecule has 19 heavy (non-hydrogen) atoms. The van der Waals surface area contributed by atoms with Crippen molar-refractivity contribution >= 4 is 5.91 Å². The highest BCUT2D eigenvalue weighted by Crippen LogP contribution is 2.67. The third-order valence-electron chi connectivity index (χ3n) is 5.44. The molecule has 0 aliphatic heterocycles. The van der Waals surface area contributed by atoms with Crippen LogP contribution in [-0.4, -0.2) is 19.0 Å². The lowest BCUT2D eigenvalue weighted by molar-refractivity contribution is -0.122. The van der Waals surface area contributed by atoms with E-state index >= 15 is 0 Å². The molecule has 0 saturated heterocycles. The zero-order chi connectivity index (χ0) is 14.8. The Labute approximate surface area is 118 Å². The molecular weight excluding hydrogens is 236 g/mol. The highest BCUT2D eigenvalue weighted by molar-refractivity contribution is 5.76. The first-order valence-corrected chi connectivity index (χ1v) is 7.59. The summed E-state index contributed by atoms with van der Waals surface area (Å²) in [5, 5.41) is 3.10. The lowest BCUT2D eigenvalue weighted by Crippen LogP contribution is -2.31. The molecule has 3 N–H and O–H groups in total. The molecule has 1 saturated carbocycles. The molecule has 1 atom stereocenters. The Kier molecular flexibility index (Phi) is 5.05. The number of amides is 1. The van der Waals surface area contributed by atoms with Crippen LogP contribution in [0.2, 0.25) is 0 Å².